The van der Waals surface area contributed by atoms with Gasteiger partial charge in [0.1, 0.15) is 0 Å². The third-order valence-corrected chi connectivity index (χ3v) is 4.14. The van der Waals surface area contributed by atoms with E-state index in [1.165, 1.54) is 0 Å². The Hall–Kier alpha value is -0.940. The first-order valence-corrected chi connectivity index (χ1v) is 6.89. The number of carbonyl (C=O) groups excluding carboxylic acids is 1. The van der Waals surface area contributed by atoms with Crippen LogP contribution in [0.15, 0.2) is 5.51 Å². The van der Waals surface area contributed by atoms with Crippen LogP contribution in [0.2, 0.25) is 0 Å². The summed E-state index contributed by atoms with van der Waals surface area (Å²) in [4.78, 5) is 19.3. The summed E-state index contributed by atoms with van der Waals surface area (Å²) in [7, 11) is 2.13. The predicted molar refractivity (Wildman–Crippen MR) is 67.5 cm³/mol. The molecule has 1 saturated heterocycles. The Morgan fingerprint density at radius 2 is 2.29 bits per heavy atom. The molecule has 1 aliphatic heterocycles. The summed E-state index contributed by atoms with van der Waals surface area (Å²) >= 11 is 1.58. The zero-order chi connectivity index (χ0) is 12.3. The molecule has 0 saturated carbocycles. The Morgan fingerprint density at radius 3 is 2.94 bits per heavy atom. The van der Waals surface area contributed by atoms with Crippen LogP contribution in [0, 0.1) is 0 Å². The van der Waals surface area contributed by atoms with Gasteiger partial charge in [0.2, 0.25) is 0 Å². The van der Waals surface area contributed by atoms with Crippen LogP contribution >= 0.6 is 11.3 Å². The largest absolute Gasteiger partial charge is 0.461 e. The van der Waals surface area contributed by atoms with Crippen LogP contribution in [-0.4, -0.2) is 42.6 Å². The van der Waals surface area contributed by atoms with E-state index >= 15 is 0 Å². The Bertz CT molecular complexity index is 384. The SMILES string of the molecule is CCOC(=O)c1ncsc1C1CCN(C)CC1. The molecule has 17 heavy (non-hydrogen) atoms. The molecular weight excluding hydrogens is 236 g/mol. The van der Waals surface area contributed by atoms with Gasteiger partial charge in [0.05, 0.1) is 12.1 Å². The number of ether oxygens (including phenoxy) is 1. The van der Waals surface area contributed by atoms with Gasteiger partial charge in [0, 0.05) is 4.88 Å². The molecule has 2 heterocycles. The molecule has 0 spiro atoms. The lowest BCUT2D eigenvalue weighted by molar-refractivity contribution is 0.0518. The van der Waals surface area contributed by atoms with E-state index in [1.54, 1.807) is 16.8 Å². The Morgan fingerprint density at radius 1 is 1.59 bits per heavy atom. The molecule has 0 aromatic carbocycles. The number of aromatic nitrogens is 1. The van der Waals surface area contributed by atoms with Gasteiger partial charge in [-0.2, -0.15) is 0 Å². The maximum absolute atomic E-state index is 11.7. The molecular formula is C12H18N2O2S. The molecule has 94 valence electrons. The molecule has 1 aromatic rings. The highest BCUT2D eigenvalue weighted by Gasteiger charge is 2.26. The lowest BCUT2D eigenvalue weighted by Gasteiger charge is -2.28. The number of likely N-dealkylation sites (tertiary alicyclic amines) is 1. The van der Waals surface area contributed by atoms with Gasteiger partial charge in [-0.3, -0.25) is 0 Å². The van der Waals surface area contributed by atoms with Gasteiger partial charge < -0.3 is 9.64 Å². The lowest BCUT2D eigenvalue weighted by atomic mass is 9.94. The van der Waals surface area contributed by atoms with Crippen LogP contribution in [0.4, 0.5) is 0 Å². The Balaban J connectivity index is 2.10. The van der Waals surface area contributed by atoms with Crippen LogP contribution < -0.4 is 0 Å². The Kier molecular flexibility index (Phi) is 4.12. The molecule has 5 heteroatoms. The van der Waals surface area contributed by atoms with Crippen molar-refractivity contribution in [3.63, 3.8) is 0 Å². The van der Waals surface area contributed by atoms with Crippen LogP contribution in [-0.2, 0) is 4.74 Å². The first-order valence-electron chi connectivity index (χ1n) is 6.01. The number of thiazole rings is 1. The van der Waals surface area contributed by atoms with E-state index in [2.05, 4.69) is 16.9 Å². The van der Waals surface area contributed by atoms with Crippen molar-refractivity contribution in [3.05, 3.63) is 16.1 Å². The fourth-order valence-corrected chi connectivity index (χ4v) is 3.12. The molecule has 1 fully saturated rings. The van der Waals surface area contributed by atoms with E-state index in [0.29, 0.717) is 18.2 Å². The molecule has 0 amide bonds. The normalized spacial score (nSPS) is 18.2. The first-order chi connectivity index (χ1) is 8.22. The summed E-state index contributed by atoms with van der Waals surface area (Å²) in [5.74, 6) is 0.195. The number of esters is 1. The second-order valence-electron chi connectivity index (χ2n) is 4.36. The van der Waals surface area contributed by atoms with Crippen molar-refractivity contribution in [2.75, 3.05) is 26.7 Å². The van der Waals surface area contributed by atoms with Gasteiger partial charge >= 0.3 is 5.97 Å². The summed E-state index contributed by atoms with van der Waals surface area (Å²) in [5, 5.41) is 0. The van der Waals surface area contributed by atoms with Crippen molar-refractivity contribution in [3.8, 4) is 0 Å². The molecule has 4 nitrogen and oxygen atoms in total. The third kappa shape index (κ3) is 2.84. The predicted octanol–water partition coefficient (Wildman–Crippen LogP) is 2.13. The highest BCUT2D eigenvalue weighted by atomic mass is 32.1. The molecule has 1 aliphatic rings. The number of hydrogen-bond acceptors (Lipinski definition) is 5. The van der Waals surface area contributed by atoms with Crippen LogP contribution in [0.3, 0.4) is 0 Å². The number of nitrogens with zero attached hydrogens (tertiary/aromatic N) is 2. The minimum absolute atomic E-state index is 0.275. The minimum Gasteiger partial charge on any atom is -0.461 e. The fraction of sp³-hybridized carbons (Fsp3) is 0.667. The molecule has 1 aromatic heterocycles. The smallest absolute Gasteiger partial charge is 0.358 e. The van der Waals surface area contributed by atoms with E-state index in [4.69, 9.17) is 4.74 Å². The topological polar surface area (TPSA) is 42.4 Å². The molecule has 0 atom stereocenters. The average molecular weight is 254 g/mol. The molecule has 0 radical (unpaired) electrons. The van der Waals surface area contributed by atoms with Crippen molar-refractivity contribution >= 4 is 17.3 Å². The maximum atomic E-state index is 11.7. The van der Waals surface area contributed by atoms with E-state index in [0.717, 1.165) is 30.8 Å². The second kappa shape index (κ2) is 5.60. The quantitative estimate of drug-likeness (QED) is 0.775. The van der Waals surface area contributed by atoms with Gasteiger partial charge in [0.25, 0.3) is 0 Å². The molecule has 0 aliphatic carbocycles. The van der Waals surface area contributed by atoms with Gasteiger partial charge in [-0.15, -0.1) is 11.3 Å². The highest BCUT2D eigenvalue weighted by molar-refractivity contribution is 7.10. The summed E-state index contributed by atoms with van der Waals surface area (Å²) in [6.45, 7) is 4.40. The van der Waals surface area contributed by atoms with Gasteiger partial charge in [-0.25, -0.2) is 9.78 Å². The van der Waals surface area contributed by atoms with E-state index in [9.17, 15) is 4.79 Å². The molecule has 2 rings (SSSR count). The summed E-state index contributed by atoms with van der Waals surface area (Å²) in [6, 6.07) is 0. The van der Waals surface area contributed by atoms with Crippen molar-refractivity contribution < 1.29 is 9.53 Å². The van der Waals surface area contributed by atoms with E-state index in [1.807, 2.05) is 6.92 Å². The third-order valence-electron chi connectivity index (χ3n) is 3.15. The molecule has 0 N–H and O–H groups in total. The first kappa shape index (κ1) is 12.5. The van der Waals surface area contributed by atoms with Gasteiger partial charge in [-0.1, -0.05) is 0 Å². The Labute approximate surface area is 106 Å². The van der Waals surface area contributed by atoms with Gasteiger partial charge in [-0.05, 0) is 45.8 Å². The standard InChI is InChI=1S/C12H18N2O2S/c1-3-16-12(15)10-11(17-8-13-10)9-4-6-14(2)7-5-9/h8-9H,3-7H2,1-2H3. The van der Waals surface area contributed by atoms with Crippen molar-refractivity contribution in [2.24, 2.45) is 0 Å². The fourth-order valence-electron chi connectivity index (χ4n) is 2.17. The second-order valence-corrected chi connectivity index (χ2v) is 5.25. The van der Waals surface area contributed by atoms with Crippen molar-refractivity contribution in [1.82, 2.24) is 9.88 Å². The van der Waals surface area contributed by atoms with Crippen molar-refractivity contribution in [1.29, 1.82) is 0 Å². The number of hydrogen-bond donors (Lipinski definition) is 0. The van der Waals surface area contributed by atoms with Crippen LogP contribution in [0.5, 0.6) is 0 Å². The van der Waals surface area contributed by atoms with E-state index < -0.39 is 0 Å². The van der Waals surface area contributed by atoms with Crippen molar-refractivity contribution in [2.45, 2.75) is 25.7 Å². The number of carbonyl (C=O) groups is 1. The van der Waals surface area contributed by atoms with E-state index in [-0.39, 0.29) is 5.97 Å². The zero-order valence-electron chi connectivity index (χ0n) is 10.3. The van der Waals surface area contributed by atoms with Crippen LogP contribution in [0.25, 0.3) is 0 Å². The minimum atomic E-state index is -0.275. The number of piperidine rings is 1. The lowest BCUT2D eigenvalue weighted by Crippen LogP contribution is -2.29. The molecule has 0 unspecified atom stereocenters. The number of rotatable bonds is 3. The molecule has 0 bridgehead atoms. The highest BCUT2D eigenvalue weighted by Crippen LogP contribution is 2.32. The zero-order valence-corrected chi connectivity index (χ0v) is 11.1. The average Bonchev–Trinajstić information content (AvgIpc) is 2.79. The monoisotopic (exact) mass is 254 g/mol. The summed E-state index contributed by atoms with van der Waals surface area (Å²) < 4.78 is 5.03. The summed E-state index contributed by atoms with van der Waals surface area (Å²) in [5.41, 5.74) is 2.28. The van der Waals surface area contributed by atoms with Gasteiger partial charge in [0.15, 0.2) is 5.69 Å². The van der Waals surface area contributed by atoms with Crippen LogP contribution in [0.1, 0.15) is 41.0 Å². The summed E-state index contributed by atoms with van der Waals surface area (Å²) in [6.07, 6.45) is 2.20. The maximum Gasteiger partial charge on any atom is 0.358 e.